The molecule has 4 rings (SSSR count). The van der Waals surface area contributed by atoms with Crippen molar-refractivity contribution in [3.8, 4) is 5.69 Å². The Hall–Kier alpha value is -4.02. The van der Waals surface area contributed by atoms with E-state index in [1.807, 2.05) is 19.9 Å². The number of aromatic nitrogens is 2. The van der Waals surface area contributed by atoms with Crippen LogP contribution in [0.25, 0.3) is 5.69 Å². The van der Waals surface area contributed by atoms with Crippen LogP contribution in [0.2, 0.25) is 0 Å². The molecular weight excluding hydrogens is 501 g/mol. The maximum atomic E-state index is 13.6. The Bertz CT molecular complexity index is 1490. The molecule has 0 fully saturated rings. The topological polar surface area (TPSA) is 76.8 Å². The number of carbonyl (C=O) groups excluding carboxylic acids is 1. The second-order valence-corrected chi connectivity index (χ2v) is 8.92. The second-order valence-electron chi connectivity index (χ2n) is 8.92. The smallest absolute Gasteiger partial charge is 0.416 e. The van der Waals surface area contributed by atoms with Gasteiger partial charge in [0.2, 0.25) is 0 Å². The molecule has 0 N–H and O–H groups in total. The van der Waals surface area contributed by atoms with Crippen molar-refractivity contribution in [2.75, 3.05) is 36.2 Å². The van der Waals surface area contributed by atoms with Gasteiger partial charge in [-0.25, -0.2) is 9.59 Å². The van der Waals surface area contributed by atoms with Crippen LogP contribution >= 0.6 is 0 Å². The lowest BCUT2D eigenvalue weighted by molar-refractivity contribution is -0.138. The maximum absolute atomic E-state index is 13.6. The van der Waals surface area contributed by atoms with Gasteiger partial charge in [-0.3, -0.25) is 13.9 Å². The first-order valence-electron chi connectivity index (χ1n) is 12.3. The van der Waals surface area contributed by atoms with E-state index in [9.17, 15) is 27.6 Å². The van der Waals surface area contributed by atoms with E-state index >= 15 is 0 Å². The molecule has 0 bridgehead atoms. The molecule has 0 aliphatic carbocycles. The molecule has 38 heavy (non-hydrogen) atoms. The number of anilines is 2. The van der Waals surface area contributed by atoms with Gasteiger partial charge in [0.05, 0.1) is 42.4 Å². The summed E-state index contributed by atoms with van der Waals surface area (Å²) in [6.45, 7) is 8.67. The Labute approximate surface area is 217 Å². The zero-order valence-corrected chi connectivity index (χ0v) is 21.6. The molecule has 1 aliphatic rings. The van der Waals surface area contributed by atoms with Crippen LogP contribution in [0.1, 0.15) is 47.8 Å². The molecule has 0 atom stereocenters. The van der Waals surface area contributed by atoms with Crippen molar-refractivity contribution in [3.63, 3.8) is 0 Å². The number of hydrogen-bond acceptors (Lipinski definition) is 6. The minimum Gasteiger partial charge on any atom is -0.462 e. The number of carbonyl (C=O) groups is 1. The molecular formula is C27H29F3N4O4. The summed E-state index contributed by atoms with van der Waals surface area (Å²) in [5.41, 5.74) is -0.643. The molecule has 3 aromatic rings. The van der Waals surface area contributed by atoms with Crippen LogP contribution in [0.15, 0.2) is 52.2 Å². The number of halogens is 3. The fourth-order valence-electron chi connectivity index (χ4n) is 4.69. The van der Waals surface area contributed by atoms with Gasteiger partial charge in [-0.15, -0.1) is 0 Å². The van der Waals surface area contributed by atoms with E-state index in [-0.39, 0.29) is 23.3 Å². The fraction of sp³-hybridized carbons (Fsp3) is 0.370. The third-order valence-electron chi connectivity index (χ3n) is 6.77. The van der Waals surface area contributed by atoms with Crippen molar-refractivity contribution in [1.29, 1.82) is 0 Å². The van der Waals surface area contributed by atoms with E-state index in [1.54, 1.807) is 19.1 Å². The van der Waals surface area contributed by atoms with Crippen LogP contribution in [0, 0.1) is 6.92 Å². The molecule has 11 heteroatoms. The normalized spacial score (nSPS) is 13.1. The van der Waals surface area contributed by atoms with Gasteiger partial charge in [-0.2, -0.15) is 13.2 Å². The molecule has 1 aromatic heterocycles. The second kappa shape index (κ2) is 10.4. The number of benzene rings is 2. The third-order valence-corrected chi connectivity index (χ3v) is 6.77. The molecule has 8 nitrogen and oxygen atoms in total. The Morgan fingerprint density at radius 3 is 2.32 bits per heavy atom. The molecule has 202 valence electrons. The van der Waals surface area contributed by atoms with Gasteiger partial charge >= 0.3 is 17.8 Å². The highest BCUT2D eigenvalue weighted by atomic mass is 19.4. The maximum Gasteiger partial charge on any atom is 0.416 e. The highest BCUT2D eigenvalue weighted by Gasteiger charge is 2.33. The average molecular weight is 531 g/mol. The standard InChI is InChI=1S/C27H29F3N4O4/c1-5-31-16-32(6-2)23-13-19(11-12-22(23)31)33-15-20(25(36)38-7-3)24(35)34(26(33)37)14-18-9-8-10-21(17(18)4)27(28,29)30/h8-13,15H,5-7,14,16H2,1-4H3. The summed E-state index contributed by atoms with van der Waals surface area (Å²) in [6, 6.07) is 8.97. The van der Waals surface area contributed by atoms with Crippen molar-refractivity contribution in [2.45, 2.75) is 40.4 Å². The van der Waals surface area contributed by atoms with Gasteiger partial charge < -0.3 is 14.5 Å². The first-order valence-corrected chi connectivity index (χ1v) is 12.3. The van der Waals surface area contributed by atoms with Crippen molar-refractivity contribution in [2.24, 2.45) is 0 Å². The number of nitrogens with zero attached hydrogens (tertiary/aromatic N) is 4. The van der Waals surface area contributed by atoms with Crippen molar-refractivity contribution in [1.82, 2.24) is 9.13 Å². The molecule has 0 spiro atoms. The van der Waals surface area contributed by atoms with E-state index in [1.165, 1.54) is 23.6 Å². The van der Waals surface area contributed by atoms with Gasteiger partial charge in [0, 0.05) is 19.3 Å². The number of hydrogen-bond donors (Lipinski definition) is 0. The lowest BCUT2D eigenvalue weighted by Gasteiger charge is -2.18. The molecule has 1 aliphatic heterocycles. The zero-order valence-electron chi connectivity index (χ0n) is 21.6. The van der Waals surface area contributed by atoms with E-state index < -0.39 is 35.5 Å². The monoisotopic (exact) mass is 530 g/mol. The quantitative estimate of drug-likeness (QED) is 0.427. The van der Waals surface area contributed by atoms with Crippen molar-refractivity contribution >= 4 is 17.3 Å². The molecule has 0 amide bonds. The summed E-state index contributed by atoms with van der Waals surface area (Å²) >= 11 is 0. The van der Waals surface area contributed by atoms with E-state index in [4.69, 9.17) is 4.74 Å². The lowest BCUT2D eigenvalue weighted by atomic mass is 10.0. The molecule has 0 saturated heterocycles. The summed E-state index contributed by atoms with van der Waals surface area (Å²) in [6.07, 6.45) is -3.46. The number of alkyl halides is 3. The zero-order chi connectivity index (χ0) is 27.8. The van der Waals surface area contributed by atoms with Gasteiger partial charge in [-0.1, -0.05) is 12.1 Å². The predicted octanol–water partition coefficient (Wildman–Crippen LogP) is 4.18. The van der Waals surface area contributed by atoms with Crippen LogP contribution < -0.4 is 21.0 Å². The minimum atomic E-state index is -4.60. The number of rotatable bonds is 7. The van der Waals surface area contributed by atoms with E-state index in [0.29, 0.717) is 12.4 Å². The minimum absolute atomic E-state index is 0.00128. The van der Waals surface area contributed by atoms with Gasteiger partial charge in [0.15, 0.2) is 0 Å². The largest absolute Gasteiger partial charge is 0.462 e. The molecule has 0 saturated carbocycles. The first kappa shape index (κ1) is 27.0. The summed E-state index contributed by atoms with van der Waals surface area (Å²) < 4.78 is 47.4. The summed E-state index contributed by atoms with van der Waals surface area (Å²) in [5, 5.41) is 0. The summed E-state index contributed by atoms with van der Waals surface area (Å²) in [5.74, 6) is -0.922. The summed E-state index contributed by atoms with van der Waals surface area (Å²) in [7, 11) is 0. The number of ether oxygens (including phenoxy) is 1. The summed E-state index contributed by atoms with van der Waals surface area (Å²) in [4.78, 5) is 43.9. The number of esters is 1. The van der Waals surface area contributed by atoms with Crippen molar-refractivity contribution in [3.05, 3.63) is 85.7 Å². The van der Waals surface area contributed by atoms with Crippen LogP contribution in [-0.2, 0) is 17.5 Å². The third kappa shape index (κ3) is 4.80. The fourth-order valence-corrected chi connectivity index (χ4v) is 4.69. The molecule has 0 unspecified atom stereocenters. The van der Waals surface area contributed by atoms with Crippen LogP contribution in [-0.4, -0.2) is 41.5 Å². The van der Waals surface area contributed by atoms with Gasteiger partial charge in [0.25, 0.3) is 5.56 Å². The molecule has 2 aromatic carbocycles. The lowest BCUT2D eigenvalue weighted by Crippen LogP contribution is -2.42. The van der Waals surface area contributed by atoms with Gasteiger partial charge in [0.1, 0.15) is 5.56 Å². The van der Waals surface area contributed by atoms with E-state index in [0.717, 1.165) is 41.3 Å². The Morgan fingerprint density at radius 1 is 1.00 bits per heavy atom. The number of fused-ring (bicyclic) bond motifs is 1. The predicted molar refractivity (Wildman–Crippen MR) is 138 cm³/mol. The van der Waals surface area contributed by atoms with Gasteiger partial charge in [-0.05, 0) is 63.1 Å². The van der Waals surface area contributed by atoms with Crippen LogP contribution in [0.5, 0.6) is 0 Å². The Morgan fingerprint density at radius 2 is 1.68 bits per heavy atom. The average Bonchev–Trinajstić information content (AvgIpc) is 3.24. The highest BCUT2D eigenvalue weighted by Crippen LogP contribution is 2.37. The van der Waals surface area contributed by atoms with Crippen molar-refractivity contribution < 1.29 is 22.7 Å². The first-order chi connectivity index (χ1) is 18.0. The Balaban J connectivity index is 1.91. The van der Waals surface area contributed by atoms with E-state index in [2.05, 4.69) is 9.80 Å². The molecule has 0 radical (unpaired) electrons. The molecule has 2 heterocycles. The SMILES string of the molecule is CCOC(=O)c1cn(-c2ccc3c(c2)N(CC)CN3CC)c(=O)n(Cc2cccc(C(F)(F)F)c2C)c1=O. The highest BCUT2D eigenvalue weighted by molar-refractivity contribution is 5.88. The van der Waals surface area contributed by atoms with Crippen LogP contribution in [0.3, 0.4) is 0 Å². The van der Waals surface area contributed by atoms with Crippen LogP contribution in [0.4, 0.5) is 24.5 Å². The Kier molecular flexibility index (Phi) is 7.39.